The molecule has 0 bridgehead atoms. The molecule has 3 atom stereocenters. The second-order valence-electron chi connectivity index (χ2n) is 18.7. The number of esters is 3. The summed E-state index contributed by atoms with van der Waals surface area (Å²) in [5.74, 6) is -0.875. The zero-order chi connectivity index (χ0) is 46.2. The Kier molecular flexibility index (Phi) is 27.3. The molecule has 370 valence electrons. The van der Waals surface area contributed by atoms with Crippen LogP contribution < -0.4 is 0 Å². The second-order valence-corrected chi connectivity index (χ2v) is 18.7. The molecule has 0 aliphatic carbocycles. The van der Waals surface area contributed by atoms with Crippen LogP contribution in [0.25, 0.3) is 0 Å². The first-order valence-electron chi connectivity index (χ1n) is 20.6. The van der Waals surface area contributed by atoms with E-state index in [1.54, 1.807) is 48.7 Å². The van der Waals surface area contributed by atoms with Crippen molar-refractivity contribution in [2.45, 2.75) is 153 Å². The van der Waals surface area contributed by atoms with E-state index in [1.165, 1.54) is 21.3 Å². The number of allylic oxidation sites excluding steroid dienone is 1. The second kappa shape index (κ2) is 27.3. The standard InChI is InChI=1S/C15H27NO5.C14H25NO5.C14H23NO4.3CH4/c1-14(2,3)21-13(18)16-9-8-15(11-16,12(17)20-5)7-6-10-19-4;1-13(2,3)20-12(18)15-8-7-14(10-15,6-5-9-16)11(17)19-4;1-6-7-14(11(16)18-5)8-9-15(10-14)12(17)19-13(2,3)4;;;/h6-11H2,1-5H3;16H,5-10H2,1-4H3;6H,1,7-10H2,2-5H3;3*1H4. The lowest BCUT2D eigenvalue weighted by Crippen LogP contribution is -2.40. The zero-order valence-electron chi connectivity index (χ0n) is 38.7. The lowest BCUT2D eigenvalue weighted by Gasteiger charge is -2.28. The fourth-order valence-electron chi connectivity index (χ4n) is 7.32. The van der Waals surface area contributed by atoms with Gasteiger partial charge < -0.3 is 53.0 Å². The molecule has 3 saturated heterocycles. The van der Waals surface area contributed by atoms with Crippen molar-refractivity contribution in [3.63, 3.8) is 0 Å². The van der Waals surface area contributed by atoms with Crippen LogP contribution in [0.2, 0.25) is 0 Å². The molecular weight excluding hydrogens is 819 g/mol. The SMILES string of the molecule is C.C.C.C=CCC1(C(=O)OC)CCN(C(=O)OC(C)(C)C)C1.COC(=O)C1(CCCO)CCN(C(=O)OC(C)(C)C)C1.COCCCC1(C(=O)OC)CCN(C(=O)OC(C)(C)C)C1. The molecule has 3 rings (SSSR count). The average Bonchev–Trinajstić information content (AvgIpc) is 3.91. The van der Waals surface area contributed by atoms with Crippen LogP contribution in [0.1, 0.15) is 136 Å². The van der Waals surface area contributed by atoms with Gasteiger partial charge in [-0.1, -0.05) is 28.4 Å². The van der Waals surface area contributed by atoms with Gasteiger partial charge >= 0.3 is 36.2 Å². The minimum atomic E-state index is -0.714. The molecule has 3 fully saturated rings. The van der Waals surface area contributed by atoms with Gasteiger partial charge in [0, 0.05) is 59.6 Å². The number of methoxy groups -OCH3 is 4. The van der Waals surface area contributed by atoms with E-state index in [-0.39, 0.29) is 65.5 Å². The summed E-state index contributed by atoms with van der Waals surface area (Å²) in [6, 6.07) is 0. The van der Waals surface area contributed by atoms with Gasteiger partial charge in [0.2, 0.25) is 0 Å². The Hall–Kier alpha value is -4.12. The van der Waals surface area contributed by atoms with Crippen LogP contribution in [0.5, 0.6) is 0 Å². The van der Waals surface area contributed by atoms with E-state index in [0.717, 1.165) is 6.42 Å². The number of hydrogen-bond acceptors (Lipinski definition) is 14. The van der Waals surface area contributed by atoms with Crippen molar-refractivity contribution in [2.75, 3.05) is 80.9 Å². The quantitative estimate of drug-likeness (QED) is 0.0855. The third kappa shape index (κ3) is 20.1. The summed E-state index contributed by atoms with van der Waals surface area (Å²) in [5, 5.41) is 8.97. The van der Waals surface area contributed by atoms with Gasteiger partial charge in [-0.05, 0) is 114 Å². The maximum absolute atomic E-state index is 12.1. The van der Waals surface area contributed by atoms with Crippen LogP contribution in [-0.4, -0.2) is 154 Å². The highest BCUT2D eigenvalue weighted by molar-refractivity contribution is 5.81. The number of ether oxygens (including phenoxy) is 7. The Bertz CT molecular complexity index is 1450. The number of aliphatic hydroxyl groups excluding tert-OH is 1. The van der Waals surface area contributed by atoms with Gasteiger partial charge in [-0.15, -0.1) is 6.58 Å². The number of carbonyl (C=O) groups is 6. The number of carbonyl (C=O) groups excluding carboxylic acids is 6. The molecule has 0 aromatic carbocycles. The first-order chi connectivity index (χ1) is 27.7. The normalized spacial score (nSPS) is 21.6. The summed E-state index contributed by atoms with van der Waals surface area (Å²) in [6.45, 7) is 23.1. The summed E-state index contributed by atoms with van der Waals surface area (Å²) in [7, 11) is 5.73. The van der Waals surface area contributed by atoms with E-state index >= 15 is 0 Å². The van der Waals surface area contributed by atoms with Crippen molar-refractivity contribution < 1.29 is 67.0 Å². The van der Waals surface area contributed by atoms with Crippen molar-refractivity contribution in [3.8, 4) is 0 Å². The van der Waals surface area contributed by atoms with Crippen LogP contribution >= 0.6 is 0 Å². The lowest BCUT2D eigenvalue weighted by atomic mass is 9.82. The molecule has 1 N–H and O–H groups in total. The van der Waals surface area contributed by atoms with E-state index in [2.05, 4.69) is 6.58 Å². The fourth-order valence-corrected chi connectivity index (χ4v) is 7.32. The van der Waals surface area contributed by atoms with Gasteiger partial charge in [-0.2, -0.15) is 0 Å². The van der Waals surface area contributed by atoms with E-state index in [1.807, 2.05) is 41.5 Å². The monoisotopic (exact) mass is 906 g/mol. The highest BCUT2D eigenvalue weighted by Gasteiger charge is 2.49. The van der Waals surface area contributed by atoms with Crippen LogP contribution in [0.4, 0.5) is 14.4 Å². The van der Waals surface area contributed by atoms with Gasteiger partial charge in [-0.3, -0.25) is 14.4 Å². The van der Waals surface area contributed by atoms with Gasteiger partial charge in [0.05, 0.1) is 37.6 Å². The molecule has 63 heavy (non-hydrogen) atoms. The van der Waals surface area contributed by atoms with Crippen molar-refractivity contribution in [1.29, 1.82) is 0 Å². The summed E-state index contributed by atoms with van der Waals surface area (Å²) < 4.78 is 35.7. The third-order valence-electron chi connectivity index (χ3n) is 10.2. The molecule has 17 nitrogen and oxygen atoms in total. The molecular formula is C46H87N3O14. The average molecular weight is 906 g/mol. The van der Waals surface area contributed by atoms with Crippen LogP contribution in [-0.2, 0) is 47.5 Å². The highest BCUT2D eigenvalue weighted by Crippen LogP contribution is 2.39. The minimum Gasteiger partial charge on any atom is -0.469 e. The molecule has 3 heterocycles. The predicted molar refractivity (Wildman–Crippen MR) is 243 cm³/mol. The number of nitrogens with zero attached hydrogens (tertiary/aromatic N) is 3. The molecule has 17 heteroatoms. The van der Waals surface area contributed by atoms with Gasteiger partial charge in [0.15, 0.2) is 0 Å². The molecule has 0 aromatic heterocycles. The fraction of sp³-hybridized carbons (Fsp3) is 0.826. The van der Waals surface area contributed by atoms with Crippen molar-refractivity contribution in [1.82, 2.24) is 14.7 Å². The molecule has 3 amide bonds. The lowest BCUT2D eigenvalue weighted by molar-refractivity contribution is -0.153. The molecule has 0 spiro atoms. The maximum Gasteiger partial charge on any atom is 0.410 e. The number of likely N-dealkylation sites (tertiary alicyclic amines) is 3. The Morgan fingerprint density at radius 2 is 0.857 bits per heavy atom. The summed E-state index contributed by atoms with van der Waals surface area (Å²) >= 11 is 0. The van der Waals surface area contributed by atoms with E-state index in [4.69, 9.17) is 38.3 Å². The highest BCUT2D eigenvalue weighted by atomic mass is 16.6. The largest absolute Gasteiger partial charge is 0.469 e. The van der Waals surface area contributed by atoms with Crippen molar-refractivity contribution in [2.24, 2.45) is 16.2 Å². The molecule has 3 aliphatic heterocycles. The first kappa shape index (κ1) is 63.2. The zero-order valence-corrected chi connectivity index (χ0v) is 38.7. The number of aliphatic hydroxyl groups is 1. The van der Waals surface area contributed by atoms with Crippen molar-refractivity contribution in [3.05, 3.63) is 12.7 Å². The Morgan fingerprint density at radius 1 is 0.556 bits per heavy atom. The third-order valence-corrected chi connectivity index (χ3v) is 10.2. The summed E-state index contributed by atoms with van der Waals surface area (Å²) in [6.07, 6.45) is 5.16. The number of hydrogen-bond donors (Lipinski definition) is 1. The van der Waals surface area contributed by atoms with Crippen LogP contribution in [0.15, 0.2) is 12.7 Å². The summed E-state index contributed by atoms with van der Waals surface area (Å²) in [4.78, 5) is 76.9. The Labute approximate surface area is 379 Å². The van der Waals surface area contributed by atoms with Gasteiger partial charge in [-0.25, -0.2) is 14.4 Å². The van der Waals surface area contributed by atoms with E-state index < -0.39 is 39.1 Å². The van der Waals surface area contributed by atoms with E-state index in [0.29, 0.717) is 84.3 Å². The number of rotatable bonds is 12. The smallest absolute Gasteiger partial charge is 0.410 e. The molecule has 3 unspecified atom stereocenters. The van der Waals surface area contributed by atoms with Crippen molar-refractivity contribution >= 4 is 36.2 Å². The molecule has 0 saturated carbocycles. The van der Waals surface area contributed by atoms with Gasteiger partial charge in [0.1, 0.15) is 16.8 Å². The van der Waals surface area contributed by atoms with Crippen LogP contribution in [0.3, 0.4) is 0 Å². The molecule has 3 aliphatic rings. The first-order valence-corrected chi connectivity index (χ1v) is 20.6. The number of amides is 3. The maximum atomic E-state index is 12.1. The summed E-state index contributed by atoms with van der Waals surface area (Å²) in [5.41, 5.74) is -3.65. The Balaban J connectivity index is -0.000000838. The van der Waals surface area contributed by atoms with Crippen LogP contribution in [0, 0.1) is 16.2 Å². The predicted octanol–water partition coefficient (Wildman–Crippen LogP) is 8.04. The topological polar surface area (TPSA) is 197 Å². The molecule has 0 radical (unpaired) electrons. The van der Waals surface area contributed by atoms with Gasteiger partial charge in [0.25, 0.3) is 0 Å². The molecule has 0 aromatic rings. The Morgan fingerprint density at radius 3 is 1.14 bits per heavy atom. The minimum absolute atomic E-state index is 0. The van der Waals surface area contributed by atoms with E-state index in [9.17, 15) is 28.8 Å².